The summed E-state index contributed by atoms with van der Waals surface area (Å²) in [6, 6.07) is 4.73. The first kappa shape index (κ1) is 14.6. The van der Waals surface area contributed by atoms with Crippen molar-refractivity contribution in [3.05, 3.63) is 46.3 Å². The minimum Gasteiger partial charge on any atom is -0.461 e. The maximum atomic E-state index is 11.7. The summed E-state index contributed by atoms with van der Waals surface area (Å²) in [6.45, 7) is 1.93. The smallest absolute Gasteiger partial charge is 0.362 e. The van der Waals surface area contributed by atoms with E-state index in [1.54, 1.807) is 19.1 Å². The van der Waals surface area contributed by atoms with Gasteiger partial charge in [-0.1, -0.05) is 23.2 Å². The molecule has 1 aromatic heterocycles. The van der Waals surface area contributed by atoms with E-state index in [0.717, 1.165) is 0 Å². The fourth-order valence-electron chi connectivity index (χ4n) is 1.40. The van der Waals surface area contributed by atoms with Gasteiger partial charge < -0.3 is 9.47 Å². The summed E-state index contributed by atoms with van der Waals surface area (Å²) in [7, 11) is 0. The number of carbonyl (C=O) groups excluding carboxylic acids is 1. The van der Waals surface area contributed by atoms with Crippen molar-refractivity contribution in [1.82, 2.24) is 9.97 Å². The van der Waals surface area contributed by atoms with Gasteiger partial charge in [-0.3, -0.25) is 0 Å². The number of halogens is 2. The number of hydrogen-bond donors (Lipinski definition) is 0. The Kier molecular flexibility index (Phi) is 4.76. The number of rotatable bonds is 4. The Balaban J connectivity index is 2.34. The molecule has 5 nitrogen and oxygen atoms in total. The first-order valence-electron chi connectivity index (χ1n) is 5.73. The van der Waals surface area contributed by atoms with Crippen LogP contribution in [0.3, 0.4) is 0 Å². The molecule has 0 amide bonds. The molecular weight excluding hydrogens is 303 g/mol. The minimum absolute atomic E-state index is 0.00937. The van der Waals surface area contributed by atoms with Gasteiger partial charge in [-0.2, -0.15) is 0 Å². The summed E-state index contributed by atoms with van der Waals surface area (Å²) >= 11 is 11.9. The van der Waals surface area contributed by atoms with Crippen molar-refractivity contribution in [3.63, 3.8) is 0 Å². The molecule has 0 spiro atoms. The molecule has 0 unspecified atom stereocenters. The standard InChI is InChI=1S/C13H10Cl2N2O3/c1-2-19-13(18)11-12(17-6-5-16-11)20-10-7-8(14)3-4-9(10)15/h3-7H,2H2,1H3. The van der Waals surface area contributed by atoms with Crippen LogP contribution in [0.4, 0.5) is 0 Å². The highest BCUT2D eigenvalue weighted by molar-refractivity contribution is 6.34. The molecule has 1 aromatic carbocycles. The lowest BCUT2D eigenvalue weighted by Gasteiger charge is -2.09. The molecule has 0 N–H and O–H groups in total. The van der Waals surface area contributed by atoms with E-state index in [4.69, 9.17) is 32.7 Å². The molecule has 0 fully saturated rings. The molecule has 0 saturated heterocycles. The van der Waals surface area contributed by atoms with Gasteiger partial charge in [-0.25, -0.2) is 14.8 Å². The van der Waals surface area contributed by atoms with E-state index in [0.29, 0.717) is 10.0 Å². The number of esters is 1. The summed E-state index contributed by atoms with van der Waals surface area (Å²) in [5.74, 6) is -0.325. The number of carbonyl (C=O) groups is 1. The highest BCUT2D eigenvalue weighted by Gasteiger charge is 2.18. The van der Waals surface area contributed by atoms with Crippen molar-refractivity contribution in [3.8, 4) is 11.6 Å². The molecule has 0 aliphatic carbocycles. The molecule has 0 saturated carbocycles. The maximum Gasteiger partial charge on any atom is 0.362 e. The van der Waals surface area contributed by atoms with E-state index in [-0.39, 0.29) is 23.9 Å². The van der Waals surface area contributed by atoms with Crippen LogP contribution in [0.1, 0.15) is 17.4 Å². The number of ether oxygens (including phenoxy) is 2. The third-order valence-electron chi connectivity index (χ3n) is 2.23. The molecule has 7 heteroatoms. The molecule has 0 radical (unpaired) electrons. The lowest BCUT2D eigenvalue weighted by Crippen LogP contribution is -2.09. The predicted molar refractivity (Wildman–Crippen MR) is 74.5 cm³/mol. The zero-order valence-electron chi connectivity index (χ0n) is 10.5. The number of aromatic nitrogens is 2. The molecule has 2 aromatic rings. The largest absolute Gasteiger partial charge is 0.461 e. The molecule has 104 valence electrons. The molecule has 0 aliphatic heterocycles. The van der Waals surface area contributed by atoms with Crippen LogP contribution >= 0.6 is 23.2 Å². The van der Waals surface area contributed by atoms with Crippen LogP contribution in [-0.2, 0) is 4.74 Å². The summed E-state index contributed by atoms with van der Waals surface area (Å²) in [5, 5.41) is 0.792. The number of benzene rings is 1. The fraction of sp³-hybridized carbons (Fsp3) is 0.154. The highest BCUT2D eigenvalue weighted by Crippen LogP contribution is 2.31. The fourth-order valence-corrected chi connectivity index (χ4v) is 1.72. The molecule has 0 aliphatic rings. The van der Waals surface area contributed by atoms with Crippen molar-refractivity contribution in [2.75, 3.05) is 6.61 Å². The van der Waals surface area contributed by atoms with Crippen LogP contribution in [0, 0.1) is 0 Å². The summed E-state index contributed by atoms with van der Waals surface area (Å²) < 4.78 is 10.4. The molecule has 1 heterocycles. The number of nitrogens with zero attached hydrogens (tertiary/aromatic N) is 2. The van der Waals surface area contributed by atoms with Gasteiger partial charge in [0.05, 0.1) is 11.6 Å². The SMILES string of the molecule is CCOC(=O)c1nccnc1Oc1cc(Cl)ccc1Cl. The number of hydrogen-bond acceptors (Lipinski definition) is 5. The van der Waals surface area contributed by atoms with E-state index in [9.17, 15) is 4.79 Å². The molecule has 2 rings (SSSR count). The zero-order chi connectivity index (χ0) is 14.5. The highest BCUT2D eigenvalue weighted by atomic mass is 35.5. The lowest BCUT2D eigenvalue weighted by molar-refractivity contribution is 0.0515. The molecule has 0 bridgehead atoms. The van der Waals surface area contributed by atoms with Crippen LogP contribution in [0.5, 0.6) is 11.6 Å². The average molecular weight is 313 g/mol. The Hall–Kier alpha value is -1.85. The monoisotopic (exact) mass is 312 g/mol. The van der Waals surface area contributed by atoms with Gasteiger partial charge in [0.2, 0.25) is 5.69 Å². The molecule has 0 atom stereocenters. The Labute approximate surface area is 125 Å². The lowest BCUT2D eigenvalue weighted by atomic mass is 10.3. The first-order chi connectivity index (χ1) is 9.61. The van der Waals surface area contributed by atoms with Gasteiger partial charge in [0.1, 0.15) is 5.75 Å². The molecule has 20 heavy (non-hydrogen) atoms. The summed E-state index contributed by atoms with van der Waals surface area (Å²) in [4.78, 5) is 19.6. The van der Waals surface area contributed by atoms with Crippen LogP contribution in [-0.4, -0.2) is 22.5 Å². The second-order valence-corrected chi connectivity index (χ2v) is 4.45. The quantitative estimate of drug-likeness (QED) is 0.804. The summed E-state index contributed by atoms with van der Waals surface area (Å²) in [5.41, 5.74) is -0.0228. The topological polar surface area (TPSA) is 61.3 Å². The summed E-state index contributed by atoms with van der Waals surface area (Å²) in [6.07, 6.45) is 2.77. The second kappa shape index (κ2) is 6.54. The minimum atomic E-state index is -0.617. The van der Waals surface area contributed by atoms with Gasteiger partial charge in [0.15, 0.2) is 0 Å². The van der Waals surface area contributed by atoms with E-state index in [1.165, 1.54) is 18.5 Å². The third-order valence-corrected chi connectivity index (χ3v) is 2.78. The van der Waals surface area contributed by atoms with E-state index in [1.807, 2.05) is 0 Å². The van der Waals surface area contributed by atoms with Gasteiger partial charge in [0.25, 0.3) is 5.88 Å². The van der Waals surface area contributed by atoms with Crippen LogP contribution in [0.25, 0.3) is 0 Å². The van der Waals surface area contributed by atoms with E-state index < -0.39 is 5.97 Å². The van der Waals surface area contributed by atoms with Gasteiger partial charge in [-0.05, 0) is 19.1 Å². The van der Waals surface area contributed by atoms with Gasteiger partial charge in [-0.15, -0.1) is 0 Å². The third kappa shape index (κ3) is 3.37. The van der Waals surface area contributed by atoms with Crippen LogP contribution in [0.2, 0.25) is 10.0 Å². The average Bonchev–Trinajstić information content (AvgIpc) is 2.44. The maximum absolute atomic E-state index is 11.7. The Morgan fingerprint density at radius 3 is 2.75 bits per heavy atom. The zero-order valence-corrected chi connectivity index (χ0v) is 12.0. The van der Waals surface area contributed by atoms with E-state index >= 15 is 0 Å². The Morgan fingerprint density at radius 2 is 2.00 bits per heavy atom. The van der Waals surface area contributed by atoms with Crippen molar-refractivity contribution < 1.29 is 14.3 Å². The predicted octanol–water partition coefficient (Wildman–Crippen LogP) is 3.75. The van der Waals surface area contributed by atoms with Gasteiger partial charge in [0, 0.05) is 23.5 Å². The first-order valence-corrected chi connectivity index (χ1v) is 6.48. The van der Waals surface area contributed by atoms with Gasteiger partial charge >= 0.3 is 5.97 Å². The van der Waals surface area contributed by atoms with Crippen molar-refractivity contribution in [2.45, 2.75) is 6.92 Å². The Bertz CT molecular complexity index is 635. The van der Waals surface area contributed by atoms with Crippen molar-refractivity contribution >= 4 is 29.2 Å². The second-order valence-electron chi connectivity index (χ2n) is 3.61. The Morgan fingerprint density at radius 1 is 1.25 bits per heavy atom. The van der Waals surface area contributed by atoms with Crippen LogP contribution < -0.4 is 4.74 Å². The molecular formula is C13H10Cl2N2O3. The normalized spacial score (nSPS) is 10.2. The van der Waals surface area contributed by atoms with Crippen molar-refractivity contribution in [1.29, 1.82) is 0 Å². The van der Waals surface area contributed by atoms with Crippen molar-refractivity contribution in [2.24, 2.45) is 0 Å². The van der Waals surface area contributed by atoms with E-state index in [2.05, 4.69) is 9.97 Å². The van der Waals surface area contributed by atoms with Crippen LogP contribution in [0.15, 0.2) is 30.6 Å².